The molecule has 0 aliphatic rings. The highest BCUT2D eigenvalue weighted by molar-refractivity contribution is 5.53. The fourth-order valence-corrected chi connectivity index (χ4v) is 4.80. The third-order valence-electron chi connectivity index (χ3n) is 6.78. The molecule has 2 nitrogen and oxygen atoms in total. The molecule has 0 atom stereocenters. The predicted octanol–water partition coefficient (Wildman–Crippen LogP) is 8.80. The summed E-state index contributed by atoms with van der Waals surface area (Å²) in [5.41, 5.74) is 8.52. The molecule has 0 amide bonds. The molecular weight excluding hydrogens is 424 g/mol. The van der Waals surface area contributed by atoms with Gasteiger partial charge in [-0.25, -0.2) is 0 Å². The highest BCUT2D eigenvalue weighted by Crippen LogP contribution is 2.37. The lowest BCUT2D eigenvalue weighted by atomic mass is 9.74. The molecule has 0 saturated heterocycles. The van der Waals surface area contributed by atoms with Crippen molar-refractivity contribution in [3.63, 3.8) is 0 Å². The molecule has 0 N–H and O–H groups in total. The van der Waals surface area contributed by atoms with Crippen LogP contribution in [0.2, 0.25) is 0 Å². The van der Waals surface area contributed by atoms with Gasteiger partial charge in [0.05, 0.1) is 23.3 Å². The monoisotopic (exact) mass is 470 g/mol. The van der Waals surface area contributed by atoms with Gasteiger partial charge in [0.1, 0.15) is 0 Å². The van der Waals surface area contributed by atoms with Crippen molar-refractivity contribution >= 4 is 0 Å². The molecule has 0 bridgehead atoms. The van der Waals surface area contributed by atoms with Gasteiger partial charge in [0.2, 0.25) is 0 Å². The summed E-state index contributed by atoms with van der Waals surface area (Å²) in [6.45, 7) is 26.3. The zero-order valence-corrected chi connectivity index (χ0v) is 24.3. The lowest BCUT2D eigenvalue weighted by Gasteiger charge is -2.29. The molecule has 0 heterocycles. The normalized spacial score (nSPS) is 12.9. The molecule has 2 aromatic carbocycles. The largest absolute Gasteiger partial charge is 0.192 e. The van der Waals surface area contributed by atoms with Crippen LogP contribution >= 0.6 is 0 Å². The Labute approximate surface area is 215 Å². The van der Waals surface area contributed by atoms with Crippen LogP contribution in [0.15, 0.2) is 24.3 Å². The minimum absolute atomic E-state index is 0.0859. The summed E-state index contributed by atoms with van der Waals surface area (Å²) in [7, 11) is 0. The molecule has 0 spiro atoms. The zero-order chi connectivity index (χ0) is 27.0. The van der Waals surface area contributed by atoms with Gasteiger partial charge in [-0.05, 0) is 74.3 Å². The van der Waals surface area contributed by atoms with Crippen molar-refractivity contribution in [2.24, 2.45) is 0 Å². The second kappa shape index (κ2) is 9.82. The van der Waals surface area contributed by atoms with E-state index < -0.39 is 0 Å². The van der Waals surface area contributed by atoms with Crippen molar-refractivity contribution in [1.29, 1.82) is 10.5 Å². The molecule has 0 saturated carbocycles. The van der Waals surface area contributed by atoms with Crippen LogP contribution in [-0.2, 0) is 34.5 Å². The van der Waals surface area contributed by atoms with E-state index >= 15 is 0 Å². The second-order valence-corrected chi connectivity index (χ2v) is 14.2. The van der Waals surface area contributed by atoms with Crippen molar-refractivity contribution in [3.8, 4) is 12.1 Å². The average Bonchev–Trinajstić information content (AvgIpc) is 2.69. The summed E-state index contributed by atoms with van der Waals surface area (Å²) in [5, 5.41) is 20.0. The first-order valence-electron chi connectivity index (χ1n) is 13.0. The van der Waals surface area contributed by atoms with E-state index in [4.69, 9.17) is 0 Å². The number of hydrogen-bond donors (Lipinski definition) is 0. The molecule has 0 aromatic heterocycles. The maximum absolute atomic E-state index is 9.99. The van der Waals surface area contributed by atoms with E-state index in [0.717, 1.165) is 52.6 Å². The fourth-order valence-electron chi connectivity index (χ4n) is 4.80. The van der Waals surface area contributed by atoms with Crippen LogP contribution in [0.25, 0.3) is 0 Å². The standard InChI is InChI=1S/C33H46N2/c1-30(2,3)26-16-22(17-27(24(26)20-34)31(4,5)6)14-13-15-23-18-28(32(7,8)9)25(21-35)29(19-23)33(10,11)12/h16-19H,13-15H2,1-12H3. The number of benzene rings is 2. The van der Waals surface area contributed by atoms with Crippen molar-refractivity contribution in [3.05, 3.63) is 68.8 Å². The van der Waals surface area contributed by atoms with E-state index in [1.807, 2.05) is 0 Å². The fraction of sp³-hybridized carbons (Fsp3) is 0.576. The second-order valence-electron chi connectivity index (χ2n) is 14.2. The average molecular weight is 471 g/mol. The quantitative estimate of drug-likeness (QED) is 0.448. The first kappa shape index (κ1) is 28.7. The lowest BCUT2D eigenvalue weighted by molar-refractivity contribution is 0.562. The molecule has 35 heavy (non-hydrogen) atoms. The van der Waals surface area contributed by atoms with Gasteiger partial charge in [-0.1, -0.05) is 107 Å². The van der Waals surface area contributed by atoms with Crippen molar-refractivity contribution in [2.45, 2.75) is 124 Å². The van der Waals surface area contributed by atoms with E-state index in [2.05, 4.69) is 119 Å². The predicted molar refractivity (Wildman–Crippen MR) is 149 cm³/mol. The number of aryl methyl sites for hydroxylation is 2. The highest BCUT2D eigenvalue weighted by Gasteiger charge is 2.28. The van der Waals surface area contributed by atoms with Crippen molar-refractivity contribution < 1.29 is 0 Å². The molecule has 2 rings (SSSR count). The summed E-state index contributed by atoms with van der Waals surface area (Å²) >= 11 is 0. The molecular formula is C33H46N2. The molecule has 0 aliphatic carbocycles. The van der Waals surface area contributed by atoms with E-state index in [1.54, 1.807) is 0 Å². The highest BCUT2D eigenvalue weighted by atomic mass is 14.3. The van der Waals surface area contributed by atoms with Gasteiger partial charge in [0.15, 0.2) is 0 Å². The summed E-state index contributed by atoms with van der Waals surface area (Å²) in [5.74, 6) is 0. The van der Waals surface area contributed by atoms with E-state index in [-0.39, 0.29) is 21.7 Å². The summed E-state index contributed by atoms with van der Waals surface area (Å²) in [6.07, 6.45) is 2.96. The SMILES string of the molecule is CC(C)(C)c1cc(CCCc2cc(C(C)(C)C)c(C#N)c(C(C)(C)C)c2)cc(C(C)(C)C)c1C#N. The van der Waals surface area contributed by atoms with Crippen LogP contribution in [0.4, 0.5) is 0 Å². The number of rotatable bonds is 4. The molecule has 0 aliphatic heterocycles. The van der Waals surface area contributed by atoms with Crippen LogP contribution in [0.5, 0.6) is 0 Å². The van der Waals surface area contributed by atoms with Crippen LogP contribution < -0.4 is 0 Å². The van der Waals surface area contributed by atoms with Gasteiger partial charge in [0.25, 0.3) is 0 Å². The Balaban J connectivity index is 2.47. The minimum Gasteiger partial charge on any atom is -0.192 e. The Morgan fingerprint density at radius 2 is 0.714 bits per heavy atom. The van der Waals surface area contributed by atoms with Gasteiger partial charge in [-0.15, -0.1) is 0 Å². The Morgan fingerprint density at radius 1 is 0.486 bits per heavy atom. The third-order valence-corrected chi connectivity index (χ3v) is 6.78. The Bertz CT molecular complexity index is 991. The maximum Gasteiger partial charge on any atom is 0.0997 e. The smallest absolute Gasteiger partial charge is 0.0997 e. The molecule has 2 aromatic rings. The first-order valence-corrected chi connectivity index (χ1v) is 13.0. The van der Waals surface area contributed by atoms with Gasteiger partial charge in [-0.3, -0.25) is 0 Å². The minimum atomic E-state index is -0.0859. The van der Waals surface area contributed by atoms with Crippen LogP contribution in [0.1, 0.15) is 134 Å². The number of nitrogens with zero attached hydrogens (tertiary/aromatic N) is 2. The Hall–Kier alpha value is -2.58. The summed E-state index contributed by atoms with van der Waals surface area (Å²) in [4.78, 5) is 0. The van der Waals surface area contributed by atoms with Crippen molar-refractivity contribution in [2.75, 3.05) is 0 Å². The summed E-state index contributed by atoms with van der Waals surface area (Å²) in [6, 6.07) is 14.1. The lowest BCUT2D eigenvalue weighted by Crippen LogP contribution is -2.21. The first-order chi connectivity index (χ1) is 15.8. The number of nitriles is 2. The van der Waals surface area contributed by atoms with Crippen LogP contribution in [0.3, 0.4) is 0 Å². The van der Waals surface area contributed by atoms with Gasteiger partial charge in [-0.2, -0.15) is 10.5 Å². The zero-order valence-electron chi connectivity index (χ0n) is 24.3. The Kier molecular flexibility index (Phi) is 8.04. The van der Waals surface area contributed by atoms with Crippen molar-refractivity contribution in [1.82, 2.24) is 0 Å². The number of hydrogen-bond acceptors (Lipinski definition) is 2. The third kappa shape index (κ3) is 6.76. The van der Waals surface area contributed by atoms with E-state index in [9.17, 15) is 10.5 Å². The van der Waals surface area contributed by atoms with Gasteiger partial charge >= 0.3 is 0 Å². The topological polar surface area (TPSA) is 47.6 Å². The van der Waals surface area contributed by atoms with E-state index in [1.165, 1.54) is 11.1 Å². The molecule has 2 heteroatoms. The molecule has 0 radical (unpaired) electrons. The summed E-state index contributed by atoms with van der Waals surface area (Å²) < 4.78 is 0. The van der Waals surface area contributed by atoms with Gasteiger partial charge in [0, 0.05) is 0 Å². The van der Waals surface area contributed by atoms with Crippen LogP contribution in [-0.4, -0.2) is 0 Å². The molecule has 0 fully saturated rings. The Morgan fingerprint density at radius 3 is 0.886 bits per heavy atom. The van der Waals surface area contributed by atoms with E-state index in [0.29, 0.717) is 0 Å². The van der Waals surface area contributed by atoms with Crippen LogP contribution in [0, 0.1) is 22.7 Å². The van der Waals surface area contributed by atoms with Gasteiger partial charge < -0.3 is 0 Å². The molecule has 188 valence electrons. The maximum atomic E-state index is 9.99. The molecule has 0 unspecified atom stereocenters.